The van der Waals surface area contributed by atoms with E-state index in [9.17, 15) is 18.4 Å². The Kier molecular flexibility index (Phi) is 5.44. The normalized spacial score (nSPS) is 22.6. The first-order valence-corrected chi connectivity index (χ1v) is 9.13. The Morgan fingerprint density at radius 3 is 2.70 bits per heavy atom. The molecule has 0 saturated carbocycles. The highest BCUT2D eigenvalue weighted by molar-refractivity contribution is 6.00. The molecule has 1 heterocycles. The minimum absolute atomic E-state index is 0.0901. The van der Waals surface area contributed by atoms with E-state index < -0.39 is 29.4 Å². The molecule has 1 aromatic rings. The molecule has 1 aliphatic carbocycles. The molecule has 0 fully saturated rings. The van der Waals surface area contributed by atoms with Gasteiger partial charge in [0, 0.05) is 29.3 Å². The lowest BCUT2D eigenvalue weighted by atomic mass is 9.71. The molecular formula is C21H23F2NO3. The van der Waals surface area contributed by atoms with Gasteiger partial charge >= 0.3 is 5.97 Å². The predicted molar refractivity (Wildman–Crippen MR) is 96.5 cm³/mol. The van der Waals surface area contributed by atoms with Crippen LogP contribution in [-0.4, -0.2) is 18.4 Å². The molecule has 6 heteroatoms. The molecule has 0 bridgehead atoms. The summed E-state index contributed by atoms with van der Waals surface area (Å²) in [6, 6.07) is 3.48. The molecule has 144 valence electrons. The summed E-state index contributed by atoms with van der Waals surface area (Å²) in [5.41, 5.74) is 1.93. The summed E-state index contributed by atoms with van der Waals surface area (Å²) >= 11 is 0. The van der Waals surface area contributed by atoms with Crippen LogP contribution in [0.4, 0.5) is 8.78 Å². The number of ketones is 1. The second-order valence-corrected chi connectivity index (χ2v) is 7.47. The number of Topliss-reactive ketones (excluding diaryl/α,β-unsaturated/α-hetero) is 1. The largest absolute Gasteiger partial charge is 0.465 e. The van der Waals surface area contributed by atoms with Crippen LogP contribution in [0.5, 0.6) is 0 Å². The van der Waals surface area contributed by atoms with Crippen LogP contribution < -0.4 is 5.32 Å². The van der Waals surface area contributed by atoms with Gasteiger partial charge in [-0.05, 0) is 36.5 Å². The molecule has 2 atom stereocenters. The van der Waals surface area contributed by atoms with Gasteiger partial charge in [-0.3, -0.25) is 9.59 Å². The molecule has 1 N–H and O–H groups in total. The Hall–Kier alpha value is -2.50. The maximum atomic E-state index is 13.9. The van der Waals surface area contributed by atoms with E-state index in [1.54, 1.807) is 0 Å². The zero-order valence-corrected chi connectivity index (χ0v) is 15.5. The van der Waals surface area contributed by atoms with Crippen molar-refractivity contribution in [1.29, 1.82) is 0 Å². The summed E-state index contributed by atoms with van der Waals surface area (Å²) in [5.74, 6) is -4.09. The SMILES string of the molecule is C=C1NC2=C(C(=O)CCC2)C(c2ccc(F)c(F)c2)C1C(=O)OCC(C)C. The lowest BCUT2D eigenvalue weighted by molar-refractivity contribution is -0.149. The minimum Gasteiger partial charge on any atom is -0.465 e. The fourth-order valence-corrected chi connectivity index (χ4v) is 3.68. The topological polar surface area (TPSA) is 55.4 Å². The summed E-state index contributed by atoms with van der Waals surface area (Å²) in [5, 5.41) is 3.09. The molecule has 2 unspecified atom stereocenters. The highest BCUT2D eigenvalue weighted by Crippen LogP contribution is 2.44. The second kappa shape index (κ2) is 7.62. The van der Waals surface area contributed by atoms with E-state index in [0.29, 0.717) is 41.8 Å². The maximum absolute atomic E-state index is 13.9. The van der Waals surface area contributed by atoms with Crippen LogP contribution >= 0.6 is 0 Å². The molecule has 4 nitrogen and oxygen atoms in total. The van der Waals surface area contributed by atoms with Crippen LogP contribution in [0.2, 0.25) is 0 Å². The number of esters is 1. The number of benzene rings is 1. The molecule has 3 rings (SSSR count). The van der Waals surface area contributed by atoms with E-state index in [4.69, 9.17) is 4.74 Å². The molecule has 0 aromatic heterocycles. The van der Waals surface area contributed by atoms with Gasteiger partial charge in [0.2, 0.25) is 0 Å². The van der Waals surface area contributed by atoms with Gasteiger partial charge in [0.1, 0.15) is 5.92 Å². The van der Waals surface area contributed by atoms with E-state index in [2.05, 4.69) is 11.9 Å². The Morgan fingerprint density at radius 2 is 2.04 bits per heavy atom. The minimum atomic E-state index is -1.02. The third kappa shape index (κ3) is 3.80. The van der Waals surface area contributed by atoms with Crippen LogP contribution in [0.3, 0.4) is 0 Å². The number of ether oxygens (including phenoxy) is 1. The van der Waals surface area contributed by atoms with Crippen LogP contribution in [0.1, 0.15) is 44.6 Å². The van der Waals surface area contributed by atoms with Gasteiger partial charge in [0.05, 0.1) is 6.61 Å². The molecule has 0 saturated heterocycles. The monoisotopic (exact) mass is 375 g/mol. The Bertz CT molecular complexity index is 829. The first-order chi connectivity index (χ1) is 12.8. The highest BCUT2D eigenvalue weighted by atomic mass is 19.2. The van der Waals surface area contributed by atoms with Crippen molar-refractivity contribution in [3.05, 3.63) is 58.9 Å². The Labute approximate surface area is 157 Å². The summed E-state index contributed by atoms with van der Waals surface area (Å²) < 4.78 is 32.7. The van der Waals surface area contributed by atoms with Gasteiger partial charge in [-0.15, -0.1) is 0 Å². The zero-order chi connectivity index (χ0) is 19.7. The van der Waals surface area contributed by atoms with Crippen LogP contribution in [0.15, 0.2) is 41.7 Å². The molecule has 0 spiro atoms. The van der Waals surface area contributed by atoms with Crippen molar-refractivity contribution in [2.24, 2.45) is 11.8 Å². The quantitative estimate of drug-likeness (QED) is 0.809. The average Bonchev–Trinajstić information content (AvgIpc) is 2.61. The maximum Gasteiger partial charge on any atom is 0.315 e. The molecular weight excluding hydrogens is 352 g/mol. The lowest BCUT2D eigenvalue weighted by Gasteiger charge is -2.38. The van der Waals surface area contributed by atoms with Gasteiger partial charge in [0.15, 0.2) is 17.4 Å². The molecule has 1 aliphatic heterocycles. The fraction of sp³-hybridized carbons (Fsp3) is 0.429. The molecule has 1 aromatic carbocycles. The van der Waals surface area contributed by atoms with Gasteiger partial charge in [-0.25, -0.2) is 8.78 Å². The van der Waals surface area contributed by atoms with Crippen molar-refractivity contribution in [2.75, 3.05) is 6.61 Å². The van der Waals surface area contributed by atoms with Crippen molar-refractivity contribution >= 4 is 11.8 Å². The Morgan fingerprint density at radius 1 is 1.30 bits per heavy atom. The predicted octanol–water partition coefficient (Wildman–Crippen LogP) is 3.99. The summed E-state index contributed by atoms with van der Waals surface area (Å²) in [7, 11) is 0. The van der Waals surface area contributed by atoms with Gasteiger partial charge in [-0.2, -0.15) is 0 Å². The smallest absolute Gasteiger partial charge is 0.315 e. The molecule has 0 radical (unpaired) electrons. The highest BCUT2D eigenvalue weighted by Gasteiger charge is 2.44. The van der Waals surface area contributed by atoms with E-state index in [-0.39, 0.29) is 18.3 Å². The van der Waals surface area contributed by atoms with Crippen LogP contribution in [0.25, 0.3) is 0 Å². The number of hydrogen-bond acceptors (Lipinski definition) is 4. The van der Waals surface area contributed by atoms with E-state index >= 15 is 0 Å². The van der Waals surface area contributed by atoms with Crippen molar-refractivity contribution < 1.29 is 23.1 Å². The first kappa shape index (κ1) is 19.3. The zero-order valence-electron chi connectivity index (χ0n) is 15.5. The van der Waals surface area contributed by atoms with E-state index in [1.807, 2.05) is 13.8 Å². The molecule has 27 heavy (non-hydrogen) atoms. The lowest BCUT2D eigenvalue weighted by Crippen LogP contribution is -2.41. The van der Waals surface area contributed by atoms with Crippen LogP contribution in [-0.2, 0) is 14.3 Å². The number of allylic oxidation sites excluding steroid dienone is 2. The summed E-state index contributed by atoms with van der Waals surface area (Å²) in [4.78, 5) is 25.5. The molecule has 0 amide bonds. The van der Waals surface area contributed by atoms with Crippen LogP contribution in [0, 0.1) is 23.5 Å². The van der Waals surface area contributed by atoms with Crippen molar-refractivity contribution in [3.63, 3.8) is 0 Å². The number of nitrogens with one attached hydrogen (secondary N) is 1. The van der Waals surface area contributed by atoms with Gasteiger partial charge < -0.3 is 10.1 Å². The second-order valence-electron chi connectivity index (χ2n) is 7.47. The van der Waals surface area contributed by atoms with Crippen molar-refractivity contribution in [1.82, 2.24) is 5.32 Å². The van der Waals surface area contributed by atoms with Gasteiger partial charge in [0.25, 0.3) is 0 Å². The number of hydrogen-bond donors (Lipinski definition) is 1. The van der Waals surface area contributed by atoms with Gasteiger partial charge in [-0.1, -0.05) is 26.5 Å². The first-order valence-electron chi connectivity index (χ1n) is 9.13. The molecule has 2 aliphatic rings. The van der Waals surface area contributed by atoms with Crippen molar-refractivity contribution in [2.45, 2.75) is 39.0 Å². The van der Waals surface area contributed by atoms with Crippen molar-refractivity contribution in [3.8, 4) is 0 Å². The standard InChI is InChI=1S/C21H23F2NO3/c1-11(2)10-27-21(26)18-12(3)24-16-5-4-6-17(25)20(16)19(18)13-7-8-14(22)15(23)9-13/h7-9,11,18-19,24H,3-6,10H2,1-2H3. The number of carbonyl (C=O) groups is 2. The number of halogens is 2. The number of rotatable bonds is 4. The third-order valence-corrected chi connectivity index (χ3v) is 4.90. The third-order valence-electron chi connectivity index (χ3n) is 4.90. The summed E-state index contributed by atoms with van der Waals surface area (Å²) in [6.45, 7) is 8.01. The average molecular weight is 375 g/mol. The Balaban J connectivity index is 2.08. The fourth-order valence-electron chi connectivity index (χ4n) is 3.68. The summed E-state index contributed by atoms with van der Waals surface area (Å²) in [6.07, 6.45) is 1.71. The van der Waals surface area contributed by atoms with E-state index in [0.717, 1.165) is 12.1 Å². The number of carbonyl (C=O) groups excluding carboxylic acids is 2. The van der Waals surface area contributed by atoms with E-state index in [1.165, 1.54) is 6.07 Å².